The topological polar surface area (TPSA) is 48.5 Å². The molecule has 5 heteroatoms. The summed E-state index contributed by atoms with van der Waals surface area (Å²) in [6.07, 6.45) is 5.70. The maximum atomic E-state index is 4.30. The van der Waals surface area contributed by atoms with E-state index in [1.54, 1.807) is 6.33 Å². The summed E-state index contributed by atoms with van der Waals surface area (Å²) in [6, 6.07) is 0.984. The first kappa shape index (κ1) is 28.2. The van der Waals surface area contributed by atoms with Crippen LogP contribution >= 0.6 is 0 Å². The minimum Gasteiger partial charge on any atom is -0.332 e. The van der Waals surface area contributed by atoms with Gasteiger partial charge in [-0.3, -0.25) is 0 Å². The van der Waals surface area contributed by atoms with Gasteiger partial charge in [0.05, 0.1) is 0 Å². The molecule has 2 heterocycles. The van der Waals surface area contributed by atoms with E-state index >= 15 is 0 Å². The molecule has 0 aromatic carbocycles. The lowest BCUT2D eigenvalue weighted by Gasteiger charge is -2.13. The summed E-state index contributed by atoms with van der Waals surface area (Å²) in [5.74, 6) is 3.23. The monoisotopic (exact) mass is 353 g/mol. The van der Waals surface area contributed by atoms with E-state index in [-0.39, 0.29) is 22.3 Å². The number of nitrogens with zero attached hydrogens (tertiary/aromatic N) is 5. The fourth-order valence-electron chi connectivity index (χ4n) is 2.27. The van der Waals surface area contributed by atoms with Gasteiger partial charge in [0, 0.05) is 36.3 Å². The second-order valence-electron chi connectivity index (χ2n) is 6.79. The molecule has 2 aromatic rings. The highest BCUT2D eigenvalue weighted by Gasteiger charge is 2.10. The van der Waals surface area contributed by atoms with Crippen molar-refractivity contribution in [3.05, 3.63) is 30.4 Å². The van der Waals surface area contributed by atoms with Crippen LogP contribution < -0.4 is 0 Å². The van der Waals surface area contributed by atoms with Crippen molar-refractivity contribution in [3.8, 4) is 0 Å². The molecule has 0 aliphatic heterocycles. The van der Waals surface area contributed by atoms with Gasteiger partial charge in [0.25, 0.3) is 0 Å². The number of imidazole rings is 1. The third-order valence-electron chi connectivity index (χ3n) is 3.44. The van der Waals surface area contributed by atoms with E-state index in [1.807, 2.05) is 12.4 Å². The van der Waals surface area contributed by atoms with Crippen LogP contribution in [0, 0.1) is 0 Å². The highest BCUT2D eigenvalue weighted by molar-refractivity contribution is 4.98. The molecule has 25 heavy (non-hydrogen) atoms. The molecule has 0 saturated carbocycles. The first-order chi connectivity index (χ1) is 10.3. The Morgan fingerprint density at radius 1 is 0.720 bits per heavy atom. The normalized spacial score (nSPS) is 10.1. The molecule has 0 spiro atoms. The van der Waals surface area contributed by atoms with Crippen LogP contribution in [0.25, 0.3) is 0 Å². The summed E-state index contributed by atoms with van der Waals surface area (Å²) in [4.78, 5) is 4.30. The van der Waals surface area contributed by atoms with Crippen molar-refractivity contribution in [2.45, 2.75) is 102 Å². The fourth-order valence-corrected chi connectivity index (χ4v) is 2.27. The Morgan fingerprint density at radius 2 is 1.20 bits per heavy atom. The van der Waals surface area contributed by atoms with E-state index in [0.717, 1.165) is 5.82 Å². The van der Waals surface area contributed by atoms with Crippen LogP contribution in [0.15, 0.2) is 18.7 Å². The second kappa shape index (κ2) is 12.7. The maximum Gasteiger partial charge on any atom is 0.135 e. The molecule has 0 radical (unpaired) electrons. The number of aromatic nitrogens is 5. The van der Waals surface area contributed by atoms with Gasteiger partial charge in [0.2, 0.25) is 0 Å². The maximum absolute atomic E-state index is 4.30. The Labute approximate surface area is 156 Å². The molecule has 0 fully saturated rings. The third kappa shape index (κ3) is 7.84. The standard InChI is InChI=1S/C9H16N2.C8H15N3.3CH4/c1-7(2)9-10-5-6-11(9)8(3)4;1-6(2)8-10-9-5-11(8)7(3)4;;;/h5-8H,1-4H3;5-7H,1-4H3;3*1H4. The summed E-state index contributed by atoms with van der Waals surface area (Å²) in [6.45, 7) is 17.2. The molecule has 0 aliphatic rings. The van der Waals surface area contributed by atoms with Gasteiger partial charge >= 0.3 is 0 Å². The van der Waals surface area contributed by atoms with Gasteiger partial charge in [-0.2, -0.15) is 0 Å². The van der Waals surface area contributed by atoms with E-state index in [9.17, 15) is 0 Å². The van der Waals surface area contributed by atoms with Crippen LogP contribution in [-0.4, -0.2) is 24.3 Å². The first-order valence-corrected chi connectivity index (χ1v) is 8.17. The Hall–Kier alpha value is -1.65. The lowest BCUT2D eigenvalue weighted by molar-refractivity contribution is 0.549. The molecule has 5 nitrogen and oxygen atoms in total. The highest BCUT2D eigenvalue weighted by atomic mass is 15.3. The average molecular weight is 354 g/mol. The number of rotatable bonds is 4. The Kier molecular flexibility index (Phi) is 14.3. The van der Waals surface area contributed by atoms with Gasteiger partial charge in [-0.25, -0.2) is 4.98 Å². The van der Waals surface area contributed by atoms with Crippen molar-refractivity contribution in [1.82, 2.24) is 24.3 Å². The largest absolute Gasteiger partial charge is 0.332 e. The van der Waals surface area contributed by atoms with Crippen molar-refractivity contribution < 1.29 is 0 Å². The molecule has 0 bridgehead atoms. The molecule has 0 N–H and O–H groups in total. The zero-order valence-corrected chi connectivity index (χ0v) is 15.3. The lowest BCUT2D eigenvalue weighted by atomic mass is 10.2. The van der Waals surface area contributed by atoms with Crippen molar-refractivity contribution >= 4 is 0 Å². The molecule has 2 aromatic heterocycles. The molecular weight excluding hydrogens is 310 g/mol. The van der Waals surface area contributed by atoms with E-state index < -0.39 is 0 Å². The van der Waals surface area contributed by atoms with Crippen LogP contribution in [0.3, 0.4) is 0 Å². The molecule has 0 aliphatic carbocycles. The van der Waals surface area contributed by atoms with Gasteiger partial charge < -0.3 is 9.13 Å². The SMILES string of the molecule is C.C.C.CC(C)c1nccn1C(C)C.CC(C)c1nncn1C(C)C. The quantitative estimate of drug-likeness (QED) is 0.632. The molecule has 148 valence electrons. The summed E-state index contributed by atoms with van der Waals surface area (Å²) in [7, 11) is 0. The van der Waals surface area contributed by atoms with E-state index in [0.29, 0.717) is 23.9 Å². The van der Waals surface area contributed by atoms with E-state index in [1.165, 1.54) is 5.82 Å². The molecule has 0 unspecified atom stereocenters. The van der Waals surface area contributed by atoms with Gasteiger partial charge in [-0.1, -0.05) is 50.0 Å². The summed E-state index contributed by atoms with van der Waals surface area (Å²) in [5.41, 5.74) is 0. The van der Waals surface area contributed by atoms with Gasteiger partial charge in [-0.05, 0) is 27.7 Å². The van der Waals surface area contributed by atoms with Crippen LogP contribution in [-0.2, 0) is 0 Å². The predicted molar refractivity (Wildman–Crippen MR) is 111 cm³/mol. The molecule has 2 rings (SSSR count). The Balaban J connectivity index is -0.000000346. The molecular formula is C20H43N5. The van der Waals surface area contributed by atoms with Crippen LogP contribution in [0.1, 0.15) is 113 Å². The van der Waals surface area contributed by atoms with Crippen LogP contribution in [0.2, 0.25) is 0 Å². The van der Waals surface area contributed by atoms with Gasteiger partial charge in [0.15, 0.2) is 0 Å². The number of hydrogen-bond acceptors (Lipinski definition) is 3. The zero-order chi connectivity index (χ0) is 16.9. The predicted octanol–water partition coefficient (Wildman–Crippen LogP) is 6.48. The lowest BCUT2D eigenvalue weighted by Crippen LogP contribution is -2.06. The van der Waals surface area contributed by atoms with Crippen LogP contribution in [0.5, 0.6) is 0 Å². The van der Waals surface area contributed by atoms with E-state index in [4.69, 9.17) is 0 Å². The van der Waals surface area contributed by atoms with Crippen LogP contribution in [0.4, 0.5) is 0 Å². The molecule has 0 amide bonds. The van der Waals surface area contributed by atoms with Crippen molar-refractivity contribution in [2.75, 3.05) is 0 Å². The fraction of sp³-hybridized carbons (Fsp3) is 0.750. The molecule has 0 atom stereocenters. The van der Waals surface area contributed by atoms with Crippen molar-refractivity contribution in [2.24, 2.45) is 0 Å². The Bertz CT molecular complexity index is 455. The highest BCUT2D eigenvalue weighted by Crippen LogP contribution is 2.16. The summed E-state index contributed by atoms with van der Waals surface area (Å²) >= 11 is 0. The minimum atomic E-state index is 0. The minimum absolute atomic E-state index is 0. The Morgan fingerprint density at radius 3 is 1.52 bits per heavy atom. The van der Waals surface area contributed by atoms with Gasteiger partial charge in [0.1, 0.15) is 18.0 Å². The van der Waals surface area contributed by atoms with E-state index in [2.05, 4.69) is 79.7 Å². The smallest absolute Gasteiger partial charge is 0.135 e. The third-order valence-corrected chi connectivity index (χ3v) is 3.44. The van der Waals surface area contributed by atoms with Crippen molar-refractivity contribution in [3.63, 3.8) is 0 Å². The summed E-state index contributed by atoms with van der Waals surface area (Å²) in [5, 5.41) is 7.93. The summed E-state index contributed by atoms with van der Waals surface area (Å²) < 4.78 is 4.31. The number of hydrogen-bond donors (Lipinski definition) is 0. The van der Waals surface area contributed by atoms with Gasteiger partial charge in [-0.15, -0.1) is 10.2 Å². The average Bonchev–Trinajstić information content (AvgIpc) is 3.08. The second-order valence-corrected chi connectivity index (χ2v) is 6.79. The van der Waals surface area contributed by atoms with Crippen molar-refractivity contribution in [1.29, 1.82) is 0 Å². The molecule has 0 saturated heterocycles. The zero-order valence-electron chi connectivity index (χ0n) is 15.3. The first-order valence-electron chi connectivity index (χ1n) is 8.17.